The molecule has 2 aliphatic carbocycles. The number of nitrogens with zero attached hydrogens (tertiary/aromatic N) is 2. The minimum Gasteiger partial charge on any atom is -0.360 e. The molecule has 3 fully saturated rings. The molecular weight excluding hydrogens is 266 g/mol. The second-order valence-electron chi connectivity index (χ2n) is 6.81. The van der Waals surface area contributed by atoms with Gasteiger partial charge in [-0.25, -0.2) is 0 Å². The minimum absolute atomic E-state index is 0.0336. The van der Waals surface area contributed by atoms with E-state index < -0.39 is 0 Å². The molecule has 1 saturated heterocycles. The molecular formula is C16H23N3O2. The van der Waals surface area contributed by atoms with Crippen LogP contribution < -0.4 is 5.32 Å². The fourth-order valence-electron chi connectivity index (χ4n) is 3.05. The van der Waals surface area contributed by atoms with Crippen LogP contribution in [-0.4, -0.2) is 41.6 Å². The number of hydrogen-bond donors (Lipinski definition) is 1. The van der Waals surface area contributed by atoms with Crippen molar-refractivity contribution in [3.8, 4) is 0 Å². The van der Waals surface area contributed by atoms with E-state index in [0.717, 1.165) is 44.2 Å². The molecule has 0 aromatic carbocycles. The molecule has 5 heteroatoms. The van der Waals surface area contributed by atoms with E-state index in [0.29, 0.717) is 17.7 Å². The summed E-state index contributed by atoms with van der Waals surface area (Å²) in [5, 5.41) is 7.60. The normalized spacial score (nSPS) is 23.5. The van der Waals surface area contributed by atoms with Crippen molar-refractivity contribution in [2.75, 3.05) is 19.6 Å². The number of carbonyl (C=O) groups is 1. The highest BCUT2D eigenvalue weighted by molar-refractivity contribution is 5.92. The van der Waals surface area contributed by atoms with Gasteiger partial charge in [0.05, 0.1) is 0 Å². The van der Waals surface area contributed by atoms with Crippen LogP contribution in [0.15, 0.2) is 10.6 Å². The molecule has 1 aromatic heterocycles. The standard InChI is InChI=1S/C16H23N3O2/c20-16(14-9-15(21-18-14)12-3-4-12)19-7-5-13(6-8-19)17-10-11-1-2-11/h9,11-13,17H,1-8,10H2. The second-order valence-corrected chi connectivity index (χ2v) is 6.81. The number of piperidine rings is 1. The van der Waals surface area contributed by atoms with E-state index in [2.05, 4.69) is 10.5 Å². The SMILES string of the molecule is O=C(c1cc(C2CC2)on1)N1CCC(NCC2CC2)CC1. The van der Waals surface area contributed by atoms with Crippen LogP contribution in [0.1, 0.15) is 60.7 Å². The summed E-state index contributed by atoms with van der Waals surface area (Å²) in [6, 6.07) is 2.42. The summed E-state index contributed by atoms with van der Waals surface area (Å²) in [5.74, 6) is 2.35. The van der Waals surface area contributed by atoms with E-state index in [4.69, 9.17) is 4.52 Å². The Hall–Kier alpha value is -1.36. The van der Waals surface area contributed by atoms with Crippen LogP contribution in [0.3, 0.4) is 0 Å². The highest BCUT2D eigenvalue weighted by atomic mass is 16.5. The van der Waals surface area contributed by atoms with Crippen molar-refractivity contribution < 1.29 is 9.32 Å². The van der Waals surface area contributed by atoms with Gasteiger partial charge in [0.25, 0.3) is 5.91 Å². The van der Waals surface area contributed by atoms with Crippen molar-refractivity contribution in [3.05, 3.63) is 17.5 Å². The summed E-state index contributed by atoms with van der Waals surface area (Å²) >= 11 is 0. The van der Waals surface area contributed by atoms with Gasteiger partial charge < -0.3 is 14.7 Å². The Bertz CT molecular complexity index is 511. The Morgan fingerprint density at radius 2 is 2.00 bits per heavy atom. The van der Waals surface area contributed by atoms with Crippen molar-refractivity contribution in [1.82, 2.24) is 15.4 Å². The first kappa shape index (κ1) is 13.3. The van der Waals surface area contributed by atoms with Crippen molar-refractivity contribution in [2.24, 2.45) is 5.92 Å². The number of aromatic nitrogens is 1. The molecule has 2 heterocycles. The molecule has 1 amide bonds. The van der Waals surface area contributed by atoms with Crippen LogP contribution in [-0.2, 0) is 0 Å². The monoisotopic (exact) mass is 289 g/mol. The van der Waals surface area contributed by atoms with Crippen LogP contribution in [0.4, 0.5) is 0 Å². The van der Waals surface area contributed by atoms with E-state index >= 15 is 0 Å². The predicted octanol–water partition coefficient (Wildman–Crippen LogP) is 2.16. The molecule has 21 heavy (non-hydrogen) atoms. The van der Waals surface area contributed by atoms with Gasteiger partial charge in [0.15, 0.2) is 5.69 Å². The molecule has 1 aliphatic heterocycles. The number of rotatable bonds is 5. The summed E-state index contributed by atoms with van der Waals surface area (Å²) in [4.78, 5) is 14.3. The van der Waals surface area contributed by atoms with Gasteiger partial charge in [-0.05, 0) is 51.0 Å². The second kappa shape index (κ2) is 5.44. The molecule has 3 aliphatic rings. The van der Waals surface area contributed by atoms with Gasteiger partial charge in [-0.2, -0.15) is 0 Å². The average Bonchev–Trinajstić information content (AvgIpc) is 3.45. The van der Waals surface area contributed by atoms with Gasteiger partial charge in [-0.15, -0.1) is 0 Å². The van der Waals surface area contributed by atoms with Crippen molar-refractivity contribution in [3.63, 3.8) is 0 Å². The zero-order valence-electron chi connectivity index (χ0n) is 12.4. The molecule has 0 bridgehead atoms. The fourth-order valence-corrected chi connectivity index (χ4v) is 3.05. The van der Waals surface area contributed by atoms with E-state index in [1.54, 1.807) is 0 Å². The Kier molecular flexibility index (Phi) is 3.45. The third-order valence-corrected chi connectivity index (χ3v) is 4.90. The molecule has 5 nitrogen and oxygen atoms in total. The molecule has 0 spiro atoms. The lowest BCUT2D eigenvalue weighted by Crippen LogP contribution is -2.45. The van der Waals surface area contributed by atoms with Gasteiger partial charge in [-0.3, -0.25) is 4.79 Å². The lowest BCUT2D eigenvalue weighted by atomic mass is 10.0. The average molecular weight is 289 g/mol. The van der Waals surface area contributed by atoms with Gasteiger partial charge in [-0.1, -0.05) is 5.16 Å². The Morgan fingerprint density at radius 3 is 2.67 bits per heavy atom. The van der Waals surface area contributed by atoms with Crippen LogP contribution in [0.5, 0.6) is 0 Å². The molecule has 0 atom stereocenters. The molecule has 0 unspecified atom stereocenters. The van der Waals surface area contributed by atoms with Crippen LogP contribution in [0.25, 0.3) is 0 Å². The topological polar surface area (TPSA) is 58.4 Å². The molecule has 4 rings (SSSR count). The summed E-state index contributed by atoms with van der Waals surface area (Å²) in [6.07, 6.45) is 7.21. The molecule has 1 aromatic rings. The number of amides is 1. The van der Waals surface area contributed by atoms with Crippen LogP contribution in [0, 0.1) is 5.92 Å². The fraction of sp³-hybridized carbons (Fsp3) is 0.750. The maximum Gasteiger partial charge on any atom is 0.276 e. The lowest BCUT2D eigenvalue weighted by molar-refractivity contribution is 0.0694. The molecule has 114 valence electrons. The first-order chi connectivity index (χ1) is 10.3. The minimum atomic E-state index is 0.0336. The lowest BCUT2D eigenvalue weighted by Gasteiger charge is -2.32. The van der Waals surface area contributed by atoms with Crippen molar-refractivity contribution in [2.45, 2.75) is 50.5 Å². The largest absolute Gasteiger partial charge is 0.360 e. The molecule has 1 N–H and O–H groups in total. The van der Waals surface area contributed by atoms with Crippen LogP contribution in [0.2, 0.25) is 0 Å². The summed E-state index contributed by atoms with van der Waals surface area (Å²) in [6.45, 7) is 2.81. The van der Waals surface area contributed by atoms with E-state index in [-0.39, 0.29) is 5.91 Å². The highest BCUT2D eigenvalue weighted by Crippen LogP contribution is 2.40. The molecule has 0 radical (unpaired) electrons. The summed E-state index contributed by atoms with van der Waals surface area (Å²) in [5.41, 5.74) is 0.487. The number of likely N-dealkylation sites (tertiary alicyclic amines) is 1. The Labute approximate surface area is 125 Å². The maximum atomic E-state index is 12.4. The zero-order chi connectivity index (χ0) is 14.2. The maximum absolute atomic E-state index is 12.4. The first-order valence-corrected chi connectivity index (χ1v) is 8.29. The zero-order valence-corrected chi connectivity index (χ0v) is 12.4. The third-order valence-electron chi connectivity index (χ3n) is 4.90. The smallest absolute Gasteiger partial charge is 0.276 e. The van der Waals surface area contributed by atoms with Gasteiger partial charge >= 0.3 is 0 Å². The first-order valence-electron chi connectivity index (χ1n) is 8.29. The number of carbonyl (C=O) groups excluding carboxylic acids is 1. The Morgan fingerprint density at radius 1 is 1.24 bits per heavy atom. The van der Waals surface area contributed by atoms with Gasteiger partial charge in [0.2, 0.25) is 0 Å². The van der Waals surface area contributed by atoms with Crippen molar-refractivity contribution >= 4 is 5.91 Å². The number of hydrogen-bond acceptors (Lipinski definition) is 4. The summed E-state index contributed by atoms with van der Waals surface area (Å²) in [7, 11) is 0. The quantitative estimate of drug-likeness (QED) is 0.902. The highest BCUT2D eigenvalue weighted by Gasteiger charge is 2.31. The van der Waals surface area contributed by atoms with Gasteiger partial charge in [0.1, 0.15) is 5.76 Å². The predicted molar refractivity (Wildman–Crippen MR) is 78.1 cm³/mol. The van der Waals surface area contributed by atoms with Crippen LogP contribution >= 0.6 is 0 Å². The van der Waals surface area contributed by atoms with E-state index in [9.17, 15) is 4.79 Å². The van der Waals surface area contributed by atoms with E-state index in [1.165, 1.54) is 25.7 Å². The third kappa shape index (κ3) is 3.12. The van der Waals surface area contributed by atoms with Crippen molar-refractivity contribution in [1.29, 1.82) is 0 Å². The Balaban J connectivity index is 1.28. The summed E-state index contributed by atoms with van der Waals surface area (Å²) < 4.78 is 5.28. The number of nitrogens with one attached hydrogen (secondary N) is 1. The van der Waals surface area contributed by atoms with Gasteiger partial charge in [0, 0.05) is 31.1 Å². The molecule has 2 saturated carbocycles. The van der Waals surface area contributed by atoms with E-state index in [1.807, 2.05) is 11.0 Å².